The molecule has 0 amide bonds. The van der Waals surface area contributed by atoms with Gasteiger partial charge in [0.25, 0.3) is 0 Å². The lowest BCUT2D eigenvalue weighted by molar-refractivity contribution is 0.302. The number of nitrogens with two attached hydrogens (primary N) is 1. The van der Waals surface area contributed by atoms with Crippen molar-refractivity contribution in [1.29, 1.82) is 0 Å². The highest BCUT2D eigenvalue weighted by molar-refractivity contribution is 5.48. The second-order valence-corrected chi connectivity index (χ2v) is 3.18. The van der Waals surface area contributed by atoms with Gasteiger partial charge in [0.15, 0.2) is 0 Å². The van der Waals surface area contributed by atoms with Crippen LogP contribution in [0.25, 0.3) is 0 Å². The Morgan fingerprint density at radius 1 is 1.43 bits per heavy atom. The Morgan fingerprint density at radius 3 is 2.79 bits per heavy atom. The van der Waals surface area contributed by atoms with Crippen molar-refractivity contribution in [3.63, 3.8) is 0 Å². The summed E-state index contributed by atoms with van der Waals surface area (Å²) >= 11 is 0. The van der Waals surface area contributed by atoms with Crippen molar-refractivity contribution < 1.29 is 5.11 Å². The fourth-order valence-electron chi connectivity index (χ4n) is 1.47. The lowest BCUT2D eigenvalue weighted by atomic mass is 10.2. The zero-order valence-corrected chi connectivity index (χ0v) is 8.61. The minimum Gasteiger partial charge on any atom is -0.395 e. The standard InChI is InChI=1S/C11H18N2O/c1-2-13(6-7-14)11-5-3-4-10(8-11)9-12/h3-5,8,14H,2,6-7,9,12H2,1H3. The molecule has 0 bridgehead atoms. The fourth-order valence-corrected chi connectivity index (χ4v) is 1.47. The summed E-state index contributed by atoms with van der Waals surface area (Å²) in [5.41, 5.74) is 7.82. The number of hydrogen-bond acceptors (Lipinski definition) is 3. The molecule has 0 fully saturated rings. The van der Waals surface area contributed by atoms with Gasteiger partial charge in [-0.05, 0) is 24.6 Å². The van der Waals surface area contributed by atoms with Gasteiger partial charge in [-0.3, -0.25) is 0 Å². The largest absolute Gasteiger partial charge is 0.395 e. The molecule has 0 aliphatic heterocycles. The van der Waals surface area contributed by atoms with Gasteiger partial charge >= 0.3 is 0 Å². The molecule has 1 aromatic rings. The molecule has 0 unspecified atom stereocenters. The Hall–Kier alpha value is -1.06. The Kier molecular flexibility index (Phi) is 4.43. The molecule has 3 N–H and O–H groups in total. The first-order valence-corrected chi connectivity index (χ1v) is 4.96. The van der Waals surface area contributed by atoms with Crippen molar-refractivity contribution in [1.82, 2.24) is 0 Å². The van der Waals surface area contributed by atoms with E-state index in [1.54, 1.807) is 0 Å². The molecule has 0 saturated carbocycles. The van der Waals surface area contributed by atoms with E-state index in [9.17, 15) is 0 Å². The van der Waals surface area contributed by atoms with E-state index in [0.29, 0.717) is 13.1 Å². The number of hydrogen-bond donors (Lipinski definition) is 2. The van der Waals surface area contributed by atoms with Gasteiger partial charge in [-0.15, -0.1) is 0 Å². The maximum absolute atomic E-state index is 8.89. The van der Waals surface area contributed by atoms with Gasteiger partial charge in [0.05, 0.1) is 6.61 Å². The van der Waals surface area contributed by atoms with Crippen LogP contribution in [-0.4, -0.2) is 24.8 Å². The smallest absolute Gasteiger partial charge is 0.0606 e. The summed E-state index contributed by atoms with van der Waals surface area (Å²) in [7, 11) is 0. The molecule has 0 aliphatic carbocycles. The summed E-state index contributed by atoms with van der Waals surface area (Å²) in [5, 5.41) is 8.89. The Labute approximate surface area is 85.2 Å². The molecule has 3 heteroatoms. The van der Waals surface area contributed by atoms with Crippen molar-refractivity contribution in [2.45, 2.75) is 13.5 Å². The predicted molar refractivity (Wildman–Crippen MR) is 59.3 cm³/mol. The van der Waals surface area contributed by atoms with E-state index < -0.39 is 0 Å². The van der Waals surface area contributed by atoms with Gasteiger partial charge < -0.3 is 15.7 Å². The van der Waals surface area contributed by atoms with E-state index in [-0.39, 0.29) is 6.61 Å². The predicted octanol–water partition coefficient (Wildman–Crippen LogP) is 0.964. The summed E-state index contributed by atoms with van der Waals surface area (Å²) in [5.74, 6) is 0. The molecule has 1 rings (SSSR count). The molecule has 0 aliphatic rings. The molecule has 0 atom stereocenters. The first-order valence-electron chi connectivity index (χ1n) is 4.96. The van der Waals surface area contributed by atoms with Gasteiger partial charge in [-0.1, -0.05) is 12.1 Å². The normalized spacial score (nSPS) is 10.2. The van der Waals surface area contributed by atoms with Crippen LogP contribution in [0.4, 0.5) is 5.69 Å². The van der Waals surface area contributed by atoms with Gasteiger partial charge in [0.2, 0.25) is 0 Å². The molecular formula is C11H18N2O. The lowest BCUT2D eigenvalue weighted by Crippen LogP contribution is -2.26. The number of aliphatic hydroxyl groups excluding tert-OH is 1. The first-order chi connectivity index (χ1) is 6.81. The highest BCUT2D eigenvalue weighted by atomic mass is 16.3. The van der Waals surface area contributed by atoms with Gasteiger partial charge in [0.1, 0.15) is 0 Å². The van der Waals surface area contributed by atoms with Gasteiger partial charge in [-0.2, -0.15) is 0 Å². The van der Waals surface area contributed by atoms with Crippen LogP contribution >= 0.6 is 0 Å². The van der Waals surface area contributed by atoms with Crippen molar-refractivity contribution >= 4 is 5.69 Å². The summed E-state index contributed by atoms with van der Waals surface area (Å²) in [6.45, 7) is 4.38. The number of likely N-dealkylation sites (N-methyl/N-ethyl adjacent to an activating group) is 1. The summed E-state index contributed by atoms with van der Waals surface area (Å²) < 4.78 is 0. The van der Waals surface area contributed by atoms with Crippen LogP contribution in [-0.2, 0) is 6.54 Å². The third-order valence-corrected chi connectivity index (χ3v) is 2.26. The zero-order valence-electron chi connectivity index (χ0n) is 8.61. The van der Waals surface area contributed by atoms with Crippen LogP contribution < -0.4 is 10.6 Å². The zero-order chi connectivity index (χ0) is 10.4. The highest BCUT2D eigenvalue weighted by Crippen LogP contribution is 2.15. The minimum absolute atomic E-state index is 0.181. The fraction of sp³-hybridized carbons (Fsp3) is 0.455. The minimum atomic E-state index is 0.181. The summed E-state index contributed by atoms with van der Waals surface area (Å²) in [4.78, 5) is 2.12. The van der Waals surface area contributed by atoms with Crippen LogP contribution in [0.2, 0.25) is 0 Å². The highest BCUT2D eigenvalue weighted by Gasteiger charge is 2.02. The molecule has 0 saturated heterocycles. The van der Waals surface area contributed by atoms with Crippen LogP contribution in [0.15, 0.2) is 24.3 Å². The Balaban J connectivity index is 2.80. The number of benzene rings is 1. The monoisotopic (exact) mass is 194 g/mol. The number of rotatable bonds is 5. The molecule has 14 heavy (non-hydrogen) atoms. The van der Waals surface area contributed by atoms with Crippen LogP contribution in [0.1, 0.15) is 12.5 Å². The molecule has 0 heterocycles. The van der Waals surface area contributed by atoms with Crippen LogP contribution in [0, 0.1) is 0 Å². The van der Waals surface area contributed by atoms with E-state index in [0.717, 1.165) is 17.8 Å². The van der Waals surface area contributed by atoms with E-state index in [1.165, 1.54) is 0 Å². The third kappa shape index (κ3) is 2.72. The topological polar surface area (TPSA) is 49.5 Å². The molecule has 0 radical (unpaired) electrons. The van der Waals surface area contributed by atoms with E-state index in [1.807, 2.05) is 18.2 Å². The van der Waals surface area contributed by atoms with Crippen molar-refractivity contribution in [3.8, 4) is 0 Å². The molecule has 3 nitrogen and oxygen atoms in total. The summed E-state index contributed by atoms with van der Waals surface area (Å²) in [6, 6.07) is 8.12. The molecular weight excluding hydrogens is 176 g/mol. The molecule has 0 aromatic heterocycles. The molecule has 1 aromatic carbocycles. The number of nitrogens with zero attached hydrogens (tertiary/aromatic N) is 1. The first kappa shape index (κ1) is 11.0. The van der Waals surface area contributed by atoms with Crippen molar-refractivity contribution in [2.24, 2.45) is 5.73 Å². The average molecular weight is 194 g/mol. The molecule has 0 spiro atoms. The maximum Gasteiger partial charge on any atom is 0.0606 e. The van der Waals surface area contributed by atoms with E-state index >= 15 is 0 Å². The SMILES string of the molecule is CCN(CCO)c1cccc(CN)c1. The van der Waals surface area contributed by atoms with E-state index in [2.05, 4.69) is 17.9 Å². The Bertz CT molecular complexity index is 276. The number of anilines is 1. The second-order valence-electron chi connectivity index (χ2n) is 3.18. The van der Waals surface area contributed by atoms with Crippen LogP contribution in [0.5, 0.6) is 0 Å². The van der Waals surface area contributed by atoms with Crippen molar-refractivity contribution in [3.05, 3.63) is 29.8 Å². The van der Waals surface area contributed by atoms with E-state index in [4.69, 9.17) is 10.8 Å². The van der Waals surface area contributed by atoms with Gasteiger partial charge in [-0.25, -0.2) is 0 Å². The summed E-state index contributed by atoms with van der Waals surface area (Å²) in [6.07, 6.45) is 0. The second kappa shape index (κ2) is 5.62. The maximum atomic E-state index is 8.89. The lowest BCUT2D eigenvalue weighted by Gasteiger charge is -2.22. The molecule has 78 valence electrons. The Morgan fingerprint density at radius 2 is 2.21 bits per heavy atom. The number of aliphatic hydroxyl groups is 1. The van der Waals surface area contributed by atoms with Gasteiger partial charge in [0, 0.05) is 25.3 Å². The van der Waals surface area contributed by atoms with Crippen LogP contribution in [0.3, 0.4) is 0 Å². The quantitative estimate of drug-likeness (QED) is 0.734. The van der Waals surface area contributed by atoms with Crippen molar-refractivity contribution in [2.75, 3.05) is 24.6 Å². The third-order valence-electron chi connectivity index (χ3n) is 2.26. The average Bonchev–Trinajstić information content (AvgIpc) is 2.26.